The van der Waals surface area contributed by atoms with Gasteiger partial charge >= 0.3 is 5.97 Å². The van der Waals surface area contributed by atoms with E-state index in [0.717, 1.165) is 6.07 Å². The van der Waals surface area contributed by atoms with Crippen LogP contribution in [0, 0.1) is 5.82 Å². The number of carbonyl (C=O) groups excluding carboxylic acids is 3. The first-order valence-corrected chi connectivity index (χ1v) is 8.36. The van der Waals surface area contributed by atoms with Crippen LogP contribution < -0.4 is 10.6 Å². The average molecular weight is 375 g/mol. The molecule has 0 saturated heterocycles. The minimum atomic E-state index is -0.903. The van der Waals surface area contributed by atoms with E-state index in [-0.39, 0.29) is 23.9 Å². The molecule has 1 aliphatic heterocycles. The van der Waals surface area contributed by atoms with Crippen molar-refractivity contribution in [2.45, 2.75) is 32.1 Å². The lowest BCUT2D eigenvalue weighted by atomic mass is 9.90. The molecule has 0 radical (unpaired) electrons. The van der Waals surface area contributed by atoms with Crippen molar-refractivity contribution in [1.29, 1.82) is 0 Å². The maximum atomic E-state index is 13.3. The molecular formula is C18H18FN3O5. The number of hydrogen-bond donors (Lipinski definition) is 2. The van der Waals surface area contributed by atoms with E-state index < -0.39 is 36.1 Å². The lowest BCUT2D eigenvalue weighted by Crippen LogP contribution is -2.30. The number of ether oxygens (including phenoxy) is 1. The Kier molecular flexibility index (Phi) is 5.20. The quantitative estimate of drug-likeness (QED) is 0.777. The zero-order valence-corrected chi connectivity index (χ0v) is 14.7. The number of nitrogens with one attached hydrogen (secondary N) is 2. The van der Waals surface area contributed by atoms with Crippen molar-refractivity contribution in [3.05, 3.63) is 41.3 Å². The minimum Gasteiger partial charge on any atom is -0.455 e. The third-order valence-electron chi connectivity index (χ3n) is 4.07. The number of halogens is 1. The largest absolute Gasteiger partial charge is 0.455 e. The lowest BCUT2D eigenvalue weighted by Gasteiger charge is -2.24. The van der Waals surface area contributed by atoms with E-state index in [1.54, 1.807) is 6.07 Å². The highest BCUT2D eigenvalue weighted by molar-refractivity contribution is 6.00. The second-order valence-corrected chi connectivity index (χ2v) is 6.46. The molecule has 0 saturated carbocycles. The Bertz CT molecular complexity index is 893. The highest BCUT2D eigenvalue weighted by Gasteiger charge is 2.32. The third kappa shape index (κ3) is 4.30. The average Bonchev–Trinajstić information content (AvgIpc) is 3.07. The molecule has 2 aromatic rings. The summed E-state index contributed by atoms with van der Waals surface area (Å²) >= 11 is 0. The van der Waals surface area contributed by atoms with E-state index in [1.165, 1.54) is 12.1 Å². The summed E-state index contributed by atoms with van der Waals surface area (Å²) in [4.78, 5) is 36.0. The van der Waals surface area contributed by atoms with Crippen LogP contribution in [-0.2, 0) is 19.1 Å². The number of esters is 1. The second kappa shape index (κ2) is 7.56. The topological polar surface area (TPSA) is 111 Å². The first-order chi connectivity index (χ1) is 12.8. The van der Waals surface area contributed by atoms with E-state index >= 15 is 0 Å². The van der Waals surface area contributed by atoms with Gasteiger partial charge in [0.05, 0.1) is 11.6 Å². The fourth-order valence-corrected chi connectivity index (χ4v) is 2.68. The molecule has 0 spiro atoms. The van der Waals surface area contributed by atoms with Gasteiger partial charge in [0.1, 0.15) is 5.82 Å². The smallest absolute Gasteiger partial charge is 0.314 e. The molecule has 0 fully saturated rings. The summed E-state index contributed by atoms with van der Waals surface area (Å²) in [5, 5.41) is 8.75. The summed E-state index contributed by atoms with van der Waals surface area (Å²) in [6.07, 6.45) is -0.140. The van der Waals surface area contributed by atoms with Gasteiger partial charge in [0.2, 0.25) is 11.8 Å². The van der Waals surface area contributed by atoms with Gasteiger partial charge in [0.15, 0.2) is 6.61 Å². The molecule has 27 heavy (non-hydrogen) atoms. The molecule has 1 aliphatic rings. The molecular weight excluding hydrogens is 357 g/mol. The molecule has 0 aliphatic carbocycles. The Hall–Kier alpha value is -3.23. The van der Waals surface area contributed by atoms with Gasteiger partial charge < -0.3 is 14.6 Å². The lowest BCUT2D eigenvalue weighted by molar-refractivity contribution is -0.149. The van der Waals surface area contributed by atoms with E-state index in [9.17, 15) is 18.8 Å². The molecule has 8 nitrogen and oxygen atoms in total. The van der Waals surface area contributed by atoms with Crippen molar-refractivity contribution in [2.75, 3.05) is 17.2 Å². The summed E-state index contributed by atoms with van der Waals surface area (Å²) in [5.74, 6) is -2.92. The number of benzene rings is 1. The molecule has 142 valence electrons. The summed E-state index contributed by atoms with van der Waals surface area (Å²) < 4.78 is 23.3. The Morgan fingerprint density at radius 1 is 1.41 bits per heavy atom. The standard InChI is InChI=1S/C18H18FN3O5/c1-9(2)13-7-17(27-22-13)21-16(24)8-26-18(25)12-6-15(23)20-14-5-10(19)3-4-11(12)14/h3-5,7,9,12H,6,8H2,1-2H3,(H,20,23)(H,21,24)/t12-/m1/s1. The van der Waals surface area contributed by atoms with Crippen molar-refractivity contribution in [3.8, 4) is 0 Å². The van der Waals surface area contributed by atoms with Gasteiger partial charge in [0, 0.05) is 18.2 Å². The van der Waals surface area contributed by atoms with Gasteiger partial charge in [-0.05, 0) is 23.6 Å². The number of carbonyl (C=O) groups is 3. The van der Waals surface area contributed by atoms with Crippen LogP contribution in [0.3, 0.4) is 0 Å². The maximum absolute atomic E-state index is 13.3. The Labute approximate surface area is 154 Å². The molecule has 2 N–H and O–H groups in total. The molecule has 1 aromatic carbocycles. The fourth-order valence-electron chi connectivity index (χ4n) is 2.68. The van der Waals surface area contributed by atoms with Crippen LogP contribution >= 0.6 is 0 Å². The minimum absolute atomic E-state index is 0.139. The van der Waals surface area contributed by atoms with E-state index in [2.05, 4.69) is 15.8 Å². The first-order valence-electron chi connectivity index (χ1n) is 8.36. The van der Waals surface area contributed by atoms with E-state index in [4.69, 9.17) is 9.26 Å². The van der Waals surface area contributed by atoms with Gasteiger partial charge in [-0.25, -0.2) is 4.39 Å². The van der Waals surface area contributed by atoms with Crippen molar-refractivity contribution < 1.29 is 28.0 Å². The maximum Gasteiger partial charge on any atom is 0.314 e. The monoisotopic (exact) mass is 375 g/mol. The molecule has 1 aromatic heterocycles. The Morgan fingerprint density at radius 2 is 2.19 bits per heavy atom. The van der Waals surface area contributed by atoms with Crippen LogP contribution in [0.15, 0.2) is 28.8 Å². The van der Waals surface area contributed by atoms with E-state index in [1.807, 2.05) is 13.8 Å². The molecule has 2 amide bonds. The van der Waals surface area contributed by atoms with E-state index in [0.29, 0.717) is 11.3 Å². The number of aromatic nitrogens is 1. The SMILES string of the molecule is CC(C)c1cc(NC(=O)COC(=O)[C@@H]2CC(=O)Nc3cc(F)ccc32)on1. The number of amides is 2. The highest BCUT2D eigenvalue weighted by atomic mass is 19.1. The predicted octanol–water partition coefficient (Wildman–Crippen LogP) is 2.54. The summed E-state index contributed by atoms with van der Waals surface area (Å²) in [6, 6.07) is 5.33. The van der Waals surface area contributed by atoms with Crippen LogP contribution in [0.1, 0.15) is 43.4 Å². The fraction of sp³-hybridized carbons (Fsp3) is 0.333. The number of nitrogens with zero attached hydrogens (tertiary/aromatic N) is 1. The number of hydrogen-bond acceptors (Lipinski definition) is 6. The van der Waals surface area contributed by atoms with Gasteiger partial charge in [-0.1, -0.05) is 25.1 Å². The van der Waals surface area contributed by atoms with Crippen LogP contribution in [0.25, 0.3) is 0 Å². The molecule has 0 unspecified atom stereocenters. The van der Waals surface area contributed by atoms with Gasteiger partial charge in [0.25, 0.3) is 5.91 Å². The summed E-state index contributed by atoms with van der Waals surface area (Å²) in [6.45, 7) is 3.30. The van der Waals surface area contributed by atoms with Crippen molar-refractivity contribution >= 4 is 29.4 Å². The van der Waals surface area contributed by atoms with Crippen molar-refractivity contribution in [1.82, 2.24) is 5.16 Å². The van der Waals surface area contributed by atoms with Crippen LogP contribution in [0.4, 0.5) is 16.0 Å². The molecule has 9 heteroatoms. The van der Waals surface area contributed by atoms with Crippen LogP contribution in [0.2, 0.25) is 0 Å². The van der Waals surface area contributed by atoms with Crippen molar-refractivity contribution in [2.24, 2.45) is 0 Å². The zero-order valence-electron chi connectivity index (χ0n) is 14.7. The zero-order chi connectivity index (χ0) is 19.6. The molecule has 3 rings (SSSR count). The second-order valence-electron chi connectivity index (χ2n) is 6.46. The molecule has 1 atom stereocenters. The predicted molar refractivity (Wildman–Crippen MR) is 92.6 cm³/mol. The van der Waals surface area contributed by atoms with Gasteiger partial charge in [-0.3, -0.25) is 19.7 Å². The van der Waals surface area contributed by atoms with Crippen LogP contribution in [0.5, 0.6) is 0 Å². The summed E-state index contributed by atoms with van der Waals surface area (Å²) in [5.41, 5.74) is 1.35. The number of fused-ring (bicyclic) bond motifs is 1. The number of anilines is 2. The summed E-state index contributed by atoms with van der Waals surface area (Å²) in [7, 11) is 0. The Morgan fingerprint density at radius 3 is 2.89 bits per heavy atom. The highest BCUT2D eigenvalue weighted by Crippen LogP contribution is 2.33. The van der Waals surface area contributed by atoms with Crippen LogP contribution in [-0.4, -0.2) is 29.5 Å². The van der Waals surface area contributed by atoms with Gasteiger partial charge in [-0.2, -0.15) is 0 Å². The first kappa shape index (κ1) is 18.6. The normalized spacial score (nSPS) is 15.9. The van der Waals surface area contributed by atoms with Gasteiger partial charge in [-0.15, -0.1) is 0 Å². The Balaban J connectivity index is 1.60. The van der Waals surface area contributed by atoms with Crippen molar-refractivity contribution in [3.63, 3.8) is 0 Å². The third-order valence-corrected chi connectivity index (χ3v) is 4.07. The molecule has 0 bridgehead atoms. The molecule has 2 heterocycles. The number of rotatable bonds is 5.